The molecule has 0 aliphatic heterocycles. The van der Waals surface area contributed by atoms with Crippen molar-refractivity contribution in [3.05, 3.63) is 131 Å². The van der Waals surface area contributed by atoms with Crippen LogP contribution in [0.3, 0.4) is 0 Å². The summed E-state index contributed by atoms with van der Waals surface area (Å²) in [7, 11) is 0. The second-order valence-corrected chi connectivity index (χ2v) is 12.9. The molecule has 0 amide bonds. The largest absolute Gasteiger partial charge is 0.457 e. The smallest absolute Gasteiger partial charge is 0.137 e. The Kier molecular flexibility index (Phi) is 7.69. The molecule has 0 aliphatic rings. The number of fused-ring (bicyclic) bond motifs is 3. The topological polar surface area (TPSA) is 44.9 Å². The Morgan fingerprint density at radius 3 is 2.30 bits per heavy atom. The molecule has 0 radical (unpaired) electrons. The van der Waals surface area contributed by atoms with Crippen LogP contribution in [0.15, 0.2) is 103 Å². The second kappa shape index (κ2) is 12.0. The zero-order valence-corrected chi connectivity index (χ0v) is 27.5. The van der Waals surface area contributed by atoms with Crippen LogP contribution in [0, 0.1) is 33.6 Å². The maximum Gasteiger partial charge on any atom is 0.137 e. The van der Waals surface area contributed by atoms with Crippen molar-refractivity contribution < 1.29 is 4.74 Å². The summed E-state index contributed by atoms with van der Waals surface area (Å²) in [6.45, 7) is 13.0. The molecule has 0 unspecified atom stereocenters. The lowest BCUT2D eigenvalue weighted by Crippen LogP contribution is -2.02. The highest BCUT2D eigenvalue weighted by Gasteiger charge is 2.18. The molecule has 0 bridgehead atoms. The Bertz CT molecular complexity index is 2200. The van der Waals surface area contributed by atoms with Gasteiger partial charge in [0.15, 0.2) is 0 Å². The van der Waals surface area contributed by atoms with Gasteiger partial charge in [-0.25, -0.2) is 9.67 Å². The number of nitrogens with zero attached hydrogens (tertiary/aromatic N) is 4. The van der Waals surface area contributed by atoms with Gasteiger partial charge >= 0.3 is 0 Å². The predicted octanol–water partition coefficient (Wildman–Crippen LogP) is 10.6. The summed E-state index contributed by atoms with van der Waals surface area (Å²) < 4.78 is 11.0. The summed E-state index contributed by atoms with van der Waals surface area (Å²) in [5, 5.41) is 7.40. The SMILES string of the molecule is Cc1ccnc(-n2c3ccc(C)cc3c3ccc(Oc4cc(CCC(C)C)cc(-n5nc(C)c(-c6ccccc6)c5C)c4)cc32)c1. The molecule has 4 aromatic carbocycles. The highest BCUT2D eigenvalue weighted by atomic mass is 16.5. The molecule has 7 rings (SSSR count). The highest BCUT2D eigenvalue weighted by molar-refractivity contribution is 6.09. The van der Waals surface area contributed by atoms with Crippen LogP contribution in [0.1, 0.15) is 48.3 Å². The van der Waals surface area contributed by atoms with Gasteiger partial charge in [-0.3, -0.25) is 4.57 Å². The number of ether oxygens (including phenoxy) is 1. The molecule has 3 aromatic heterocycles. The number of pyridine rings is 1. The lowest BCUT2D eigenvalue weighted by molar-refractivity contribution is 0.481. The molecule has 0 saturated carbocycles. The second-order valence-electron chi connectivity index (χ2n) is 12.9. The Hall–Kier alpha value is -5.16. The Labute approximate surface area is 271 Å². The zero-order chi connectivity index (χ0) is 31.9. The molecule has 46 heavy (non-hydrogen) atoms. The van der Waals surface area contributed by atoms with Crippen molar-refractivity contribution in [2.75, 3.05) is 0 Å². The van der Waals surface area contributed by atoms with E-state index in [1.165, 1.54) is 38.6 Å². The van der Waals surface area contributed by atoms with Crippen molar-refractivity contribution >= 4 is 21.8 Å². The van der Waals surface area contributed by atoms with Crippen LogP contribution >= 0.6 is 0 Å². The van der Waals surface area contributed by atoms with Gasteiger partial charge in [0.1, 0.15) is 17.3 Å². The molecule has 0 N–H and O–H groups in total. The Balaban J connectivity index is 1.34. The highest BCUT2D eigenvalue weighted by Crippen LogP contribution is 2.37. The standard InChI is InChI=1S/C41H40N4O/c1-26(2)12-14-31-22-33(45-30(6)41(29(5)43-45)32-10-8-7-9-11-32)24-35(23-31)46-34-15-16-36-37-20-27(3)13-17-38(37)44(39(36)25-34)40-21-28(4)18-19-42-40/h7-11,13,15-26H,12,14H2,1-6H3. The maximum absolute atomic E-state index is 6.72. The van der Waals surface area contributed by atoms with Crippen LogP contribution in [0.25, 0.3) is 44.4 Å². The van der Waals surface area contributed by atoms with E-state index >= 15 is 0 Å². The number of benzene rings is 4. The summed E-state index contributed by atoms with van der Waals surface area (Å²) >= 11 is 0. The van der Waals surface area contributed by atoms with Crippen molar-refractivity contribution in [2.45, 2.75) is 54.4 Å². The summed E-state index contributed by atoms with van der Waals surface area (Å²) in [6.07, 6.45) is 3.95. The molecule has 7 aromatic rings. The van der Waals surface area contributed by atoms with Crippen molar-refractivity contribution in [2.24, 2.45) is 5.92 Å². The third kappa shape index (κ3) is 5.58. The number of rotatable bonds is 8. The van der Waals surface area contributed by atoms with Gasteiger partial charge in [-0.1, -0.05) is 55.8 Å². The molecular formula is C41H40N4O. The molecule has 230 valence electrons. The number of aromatic nitrogens is 4. The summed E-state index contributed by atoms with van der Waals surface area (Å²) in [6, 6.07) is 34.2. The van der Waals surface area contributed by atoms with Crippen LogP contribution in [0.2, 0.25) is 0 Å². The fourth-order valence-corrected chi connectivity index (χ4v) is 6.54. The Morgan fingerprint density at radius 1 is 0.717 bits per heavy atom. The van der Waals surface area contributed by atoms with Gasteiger partial charge in [-0.2, -0.15) is 5.10 Å². The molecule has 0 saturated heterocycles. The molecular weight excluding hydrogens is 564 g/mol. The first-order chi connectivity index (χ1) is 22.2. The maximum atomic E-state index is 6.72. The van der Waals surface area contributed by atoms with Gasteiger partial charge in [-0.05, 0) is 112 Å². The number of hydrogen-bond acceptors (Lipinski definition) is 3. The van der Waals surface area contributed by atoms with Crippen molar-refractivity contribution in [3.8, 4) is 34.1 Å². The van der Waals surface area contributed by atoms with Crippen LogP contribution in [-0.4, -0.2) is 19.3 Å². The average molecular weight is 605 g/mol. The van der Waals surface area contributed by atoms with Crippen molar-refractivity contribution in [1.29, 1.82) is 0 Å². The van der Waals surface area contributed by atoms with E-state index in [4.69, 9.17) is 14.8 Å². The first kappa shape index (κ1) is 29.5. The molecule has 0 spiro atoms. The third-order valence-corrected chi connectivity index (χ3v) is 8.82. The van der Waals surface area contributed by atoms with Gasteiger partial charge in [-0.15, -0.1) is 0 Å². The van der Waals surface area contributed by atoms with Crippen LogP contribution in [-0.2, 0) is 6.42 Å². The lowest BCUT2D eigenvalue weighted by atomic mass is 10.0. The Morgan fingerprint density at radius 2 is 1.52 bits per heavy atom. The van der Waals surface area contributed by atoms with E-state index in [1.807, 2.05) is 12.3 Å². The van der Waals surface area contributed by atoms with Crippen LogP contribution in [0.5, 0.6) is 11.5 Å². The first-order valence-electron chi connectivity index (χ1n) is 16.2. The zero-order valence-electron chi connectivity index (χ0n) is 27.5. The van der Waals surface area contributed by atoms with E-state index in [0.717, 1.165) is 58.3 Å². The van der Waals surface area contributed by atoms with E-state index in [2.05, 4.69) is 142 Å². The molecule has 0 atom stereocenters. The van der Waals surface area contributed by atoms with Gasteiger partial charge < -0.3 is 4.74 Å². The molecule has 5 heteroatoms. The predicted molar refractivity (Wildman–Crippen MR) is 190 cm³/mol. The van der Waals surface area contributed by atoms with Gasteiger partial charge in [0.05, 0.1) is 22.4 Å². The van der Waals surface area contributed by atoms with Crippen molar-refractivity contribution in [1.82, 2.24) is 19.3 Å². The van der Waals surface area contributed by atoms with E-state index in [9.17, 15) is 0 Å². The van der Waals surface area contributed by atoms with Gasteiger partial charge in [0, 0.05) is 40.4 Å². The van der Waals surface area contributed by atoms with E-state index in [0.29, 0.717) is 5.92 Å². The number of hydrogen-bond donors (Lipinski definition) is 0. The third-order valence-electron chi connectivity index (χ3n) is 8.82. The molecule has 0 fully saturated rings. The number of aryl methyl sites for hydroxylation is 4. The first-order valence-corrected chi connectivity index (χ1v) is 16.2. The van der Waals surface area contributed by atoms with Crippen molar-refractivity contribution in [3.63, 3.8) is 0 Å². The van der Waals surface area contributed by atoms with Gasteiger partial charge in [0.25, 0.3) is 0 Å². The fraction of sp³-hybridized carbons (Fsp3) is 0.220. The summed E-state index contributed by atoms with van der Waals surface area (Å²) in [5.41, 5.74) is 11.3. The normalized spacial score (nSPS) is 11.6. The van der Waals surface area contributed by atoms with E-state index < -0.39 is 0 Å². The van der Waals surface area contributed by atoms with E-state index in [-0.39, 0.29) is 0 Å². The minimum absolute atomic E-state index is 0.606. The van der Waals surface area contributed by atoms with Crippen LogP contribution in [0.4, 0.5) is 0 Å². The van der Waals surface area contributed by atoms with Crippen LogP contribution < -0.4 is 4.74 Å². The van der Waals surface area contributed by atoms with E-state index in [1.54, 1.807) is 0 Å². The molecule has 3 heterocycles. The lowest BCUT2D eigenvalue weighted by Gasteiger charge is -2.14. The summed E-state index contributed by atoms with van der Waals surface area (Å²) in [5.74, 6) is 3.09. The monoisotopic (exact) mass is 604 g/mol. The molecule has 0 aliphatic carbocycles. The minimum Gasteiger partial charge on any atom is -0.457 e. The fourth-order valence-electron chi connectivity index (χ4n) is 6.54. The minimum atomic E-state index is 0.606. The average Bonchev–Trinajstić information content (AvgIpc) is 3.52. The molecule has 5 nitrogen and oxygen atoms in total. The quantitative estimate of drug-likeness (QED) is 0.173. The summed E-state index contributed by atoms with van der Waals surface area (Å²) in [4.78, 5) is 4.76. The van der Waals surface area contributed by atoms with Gasteiger partial charge in [0.2, 0.25) is 0 Å².